The molecule has 0 aromatic carbocycles. The zero-order chi connectivity index (χ0) is 31.0. The minimum atomic E-state index is -0.550. The summed E-state index contributed by atoms with van der Waals surface area (Å²) in [6, 6.07) is 2.16. The largest absolute Gasteiger partial charge is 0.356 e. The number of fused-ring (bicyclic) bond motifs is 1. The highest BCUT2D eigenvalue weighted by molar-refractivity contribution is 6.02. The molecule has 41 heavy (non-hydrogen) atoms. The van der Waals surface area contributed by atoms with E-state index in [0.717, 1.165) is 69.9 Å². The van der Waals surface area contributed by atoms with Gasteiger partial charge < -0.3 is 5.32 Å². The van der Waals surface area contributed by atoms with Gasteiger partial charge in [-0.25, -0.2) is 0 Å². The van der Waals surface area contributed by atoms with Crippen molar-refractivity contribution < 1.29 is 14.4 Å². The lowest BCUT2D eigenvalue weighted by atomic mass is 9.44. The fourth-order valence-electron chi connectivity index (χ4n) is 8.86. The van der Waals surface area contributed by atoms with E-state index in [0.29, 0.717) is 0 Å². The van der Waals surface area contributed by atoms with Crippen LogP contribution in [0.15, 0.2) is 23.3 Å². The number of carbonyl (C=O) groups excluding carboxylic acids is 3. The fraction of sp³-hybridized carbons (Fsp3) is 0.778. The van der Waals surface area contributed by atoms with Crippen LogP contribution in [0, 0.1) is 56.2 Å². The van der Waals surface area contributed by atoms with Crippen LogP contribution in [0.1, 0.15) is 127 Å². The van der Waals surface area contributed by atoms with Crippen LogP contribution in [-0.4, -0.2) is 24.0 Å². The maximum absolute atomic E-state index is 13.9. The normalized spacial score (nSPS) is 36.2. The van der Waals surface area contributed by atoms with Crippen molar-refractivity contribution in [3.05, 3.63) is 23.3 Å². The molecule has 0 radical (unpaired) electrons. The number of Topliss-reactive ketones (excluding diaryl/α,β-unsaturated/α-hetero) is 1. The third-order valence-corrected chi connectivity index (χ3v) is 12.1. The minimum absolute atomic E-state index is 0.00438. The highest BCUT2D eigenvalue weighted by Crippen LogP contribution is 2.65. The van der Waals surface area contributed by atoms with Crippen molar-refractivity contribution in [3.8, 4) is 6.07 Å². The molecular weight excluding hydrogens is 508 g/mol. The predicted octanol–water partition coefficient (Wildman–Crippen LogP) is 8.15. The first kappa shape index (κ1) is 33.3. The standard InChI is InChI=1S/C36H56N2O3/c1-11-12-19-38-31(41)36(17-15-32(5,6)21-24(36)2)18-16-33(7,8)35(10)14-13-28-26(4)30(40)27(23-37)22-34(28,9)29(35)20-25(3)39/h20,22,24,26,28H,11-19,21H2,1-10H3,(H,38,41)/b29-20-/t24?,26-,28-,34-,35+,36-/m0/s1. The summed E-state index contributed by atoms with van der Waals surface area (Å²) in [5.41, 5.74) is -0.0133. The SMILES string of the molecule is CCCCNC(=O)[C@]1(CCC(C)(C)[C@]2(C)CC[C@H]3[C@H](C)C(=O)C(C#N)=C[C@]3(C)/C2=C/C(C)=O)CCC(C)(C)CC1C. The third-order valence-electron chi connectivity index (χ3n) is 12.1. The van der Waals surface area contributed by atoms with Gasteiger partial charge in [0.25, 0.3) is 0 Å². The van der Waals surface area contributed by atoms with Crippen molar-refractivity contribution in [2.45, 2.75) is 127 Å². The first-order valence-corrected chi connectivity index (χ1v) is 16.1. The molecule has 0 aromatic heterocycles. The Morgan fingerprint density at radius 3 is 2.37 bits per heavy atom. The van der Waals surface area contributed by atoms with Crippen LogP contribution in [0.2, 0.25) is 0 Å². The van der Waals surface area contributed by atoms with Crippen molar-refractivity contribution >= 4 is 17.5 Å². The number of unbranched alkanes of at least 4 members (excludes halogenated alkanes) is 1. The van der Waals surface area contributed by atoms with Crippen LogP contribution in [0.3, 0.4) is 0 Å². The second kappa shape index (κ2) is 11.8. The summed E-state index contributed by atoms with van der Waals surface area (Å²) in [5, 5.41) is 13.1. The molecule has 1 amide bonds. The fourth-order valence-corrected chi connectivity index (χ4v) is 8.86. The average Bonchev–Trinajstić information content (AvgIpc) is 2.87. The molecule has 3 rings (SSSR count). The molecule has 0 aromatic rings. The molecule has 1 N–H and O–H groups in total. The van der Waals surface area contributed by atoms with E-state index in [1.54, 1.807) is 13.0 Å². The maximum atomic E-state index is 13.9. The van der Waals surface area contributed by atoms with Crippen LogP contribution in [0.5, 0.6) is 0 Å². The monoisotopic (exact) mass is 564 g/mol. The van der Waals surface area contributed by atoms with E-state index < -0.39 is 10.8 Å². The van der Waals surface area contributed by atoms with Gasteiger partial charge in [-0.1, -0.05) is 80.4 Å². The van der Waals surface area contributed by atoms with Crippen molar-refractivity contribution in [1.29, 1.82) is 5.26 Å². The number of hydrogen-bond acceptors (Lipinski definition) is 4. The Labute approximate surface area is 250 Å². The van der Waals surface area contributed by atoms with Gasteiger partial charge in [0, 0.05) is 17.9 Å². The number of nitrogens with one attached hydrogen (secondary N) is 1. The maximum Gasteiger partial charge on any atom is 0.226 e. The summed E-state index contributed by atoms with van der Waals surface area (Å²) in [7, 11) is 0. The molecule has 0 heterocycles. The quantitative estimate of drug-likeness (QED) is 0.226. The summed E-state index contributed by atoms with van der Waals surface area (Å²) in [6.07, 6.45) is 12.1. The molecule has 6 atom stereocenters. The van der Waals surface area contributed by atoms with E-state index in [1.807, 2.05) is 13.0 Å². The smallest absolute Gasteiger partial charge is 0.226 e. The van der Waals surface area contributed by atoms with Crippen LogP contribution < -0.4 is 5.32 Å². The summed E-state index contributed by atoms with van der Waals surface area (Å²) in [4.78, 5) is 39.6. The lowest BCUT2D eigenvalue weighted by molar-refractivity contribution is -0.140. The molecule has 5 nitrogen and oxygen atoms in total. The Bertz CT molecular complexity index is 1150. The van der Waals surface area contributed by atoms with Crippen molar-refractivity contribution in [2.24, 2.45) is 44.8 Å². The molecular formula is C36H56N2O3. The third kappa shape index (κ3) is 6.00. The number of allylic oxidation sites excluding steroid dienone is 4. The topological polar surface area (TPSA) is 87.0 Å². The molecule has 0 spiro atoms. The van der Waals surface area contributed by atoms with Crippen LogP contribution >= 0.6 is 0 Å². The number of carbonyl (C=O) groups is 3. The van der Waals surface area contributed by atoms with Gasteiger partial charge in [0.15, 0.2) is 11.6 Å². The van der Waals surface area contributed by atoms with Crippen molar-refractivity contribution in [3.63, 3.8) is 0 Å². The van der Waals surface area contributed by atoms with E-state index >= 15 is 0 Å². The van der Waals surface area contributed by atoms with E-state index in [2.05, 4.69) is 66.8 Å². The molecule has 0 bridgehead atoms. The molecule has 2 saturated carbocycles. The molecule has 0 aliphatic heterocycles. The highest BCUT2D eigenvalue weighted by Gasteiger charge is 2.59. The van der Waals surface area contributed by atoms with Gasteiger partial charge in [0.05, 0.1) is 11.0 Å². The second-order valence-corrected chi connectivity index (χ2v) is 15.7. The van der Waals surface area contributed by atoms with Gasteiger partial charge in [0.1, 0.15) is 6.07 Å². The van der Waals surface area contributed by atoms with Gasteiger partial charge in [-0.05, 0) is 92.4 Å². The molecule has 1 unspecified atom stereocenters. The van der Waals surface area contributed by atoms with Crippen LogP contribution in [0.25, 0.3) is 0 Å². The predicted molar refractivity (Wildman–Crippen MR) is 166 cm³/mol. The zero-order valence-electron chi connectivity index (χ0n) is 27.6. The molecule has 0 saturated heterocycles. The first-order chi connectivity index (χ1) is 18.9. The van der Waals surface area contributed by atoms with Gasteiger partial charge in [0.2, 0.25) is 5.91 Å². The van der Waals surface area contributed by atoms with E-state index in [-0.39, 0.29) is 57.0 Å². The second-order valence-electron chi connectivity index (χ2n) is 15.7. The number of rotatable bonds is 9. The zero-order valence-corrected chi connectivity index (χ0v) is 27.6. The Hall–Kier alpha value is -2.22. The summed E-state index contributed by atoms with van der Waals surface area (Å²) in [6.45, 7) is 22.4. The molecule has 2 fully saturated rings. The summed E-state index contributed by atoms with van der Waals surface area (Å²) in [5.74, 6) is 0.206. The van der Waals surface area contributed by atoms with E-state index in [1.165, 1.54) is 0 Å². The van der Waals surface area contributed by atoms with E-state index in [4.69, 9.17) is 0 Å². The Kier molecular flexibility index (Phi) is 9.59. The van der Waals surface area contributed by atoms with Gasteiger partial charge >= 0.3 is 0 Å². The number of amides is 1. The van der Waals surface area contributed by atoms with Gasteiger partial charge in [-0.3, -0.25) is 14.4 Å². The molecule has 228 valence electrons. The molecule has 3 aliphatic rings. The first-order valence-electron chi connectivity index (χ1n) is 16.1. The average molecular weight is 565 g/mol. The van der Waals surface area contributed by atoms with Gasteiger partial charge in [-0.2, -0.15) is 5.26 Å². The van der Waals surface area contributed by atoms with E-state index in [9.17, 15) is 19.6 Å². The van der Waals surface area contributed by atoms with Crippen LogP contribution in [-0.2, 0) is 14.4 Å². The van der Waals surface area contributed by atoms with Crippen molar-refractivity contribution in [1.82, 2.24) is 5.32 Å². The van der Waals surface area contributed by atoms with Crippen molar-refractivity contribution in [2.75, 3.05) is 6.54 Å². The number of ketones is 2. The Morgan fingerprint density at radius 2 is 1.80 bits per heavy atom. The summed E-state index contributed by atoms with van der Waals surface area (Å²) < 4.78 is 0. The Balaban J connectivity index is 2.03. The molecule has 5 heteroatoms. The van der Waals surface area contributed by atoms with Gasteiger partial charge in [-0.15, -0.1) is 0 Å². The highest BCUT2D eigenvalue weighted by atomic mass is 16.2. The number of nitrogens with zero attached hydrogens (tertiary/aromatic N) is 1. The summed E-state index contributed by atoms with van der Waals surface area (Å²) >= 11 is 0. The molecule has 3 aliphatic carbocycles. The lowest BCUT2D eigenvalue weighted by Crippen LogP contribution is -2.54. The lowest BCUT2D eigenvalue weighted by Gasteiger charge is -2.59. The number of nitriles is 1. The Morgan fingerprint density at radius 1 is 1.15 bits per heavy atom. The van der Waals surface area contributed by atoms with Crippen LogP contribution in [0.4, 0.5) is 0 Å². The minimum Gasteiger partial charge on any atom is -0.356 e. The number of hydrogen-bond donors (Lipinski definition) is 1.